The van der Waals surface area contributed by atoms with Crippen LogP contribution in [0, 0.1) is 0 Å². The van der Waals surface area contributed by atoms with Crippen molar-refractivity contribution < 1.29 is 35.9 Å². The van der Waals surface area contributed by atoms with Gasteiger partial charge in [0.1, 0.15) is 17.6 Å². The second kappa shape index (κ2) is 12.0. The number of amides is 1. The molecule has 1 saturated carbocycles. The number of carbonyl (C=O) groups excluding carboxylic acids is 2. The van der Waals surface area contributed by atoms with Gasteiger partial charge in [-0.05, 0) is 49.6 Å². The van der Waals surface area contributed by atoms with E-state index < -0.39 is 34.1 Å². The highest BCUT2D eigenvalue weighted by Gasteiger charge is 2.41. The maximum Gasteiger partial charge on any atom is 0.573 e. The lowest BCUT2D eigenvalue weighted by Gasteiger charge is -2.39. The highest BCUT2D eigenvalue weighted by Crippen LogP contribution is 2.39. The summed E-state index contributed by atoms with van der Waals surface area (Å²) in [5.74, 6) is -0.123. The number of rotatable bonds is 9. The third kappa shape index (κ3) is 6.92. The standard InChI is InChI=1S/C29H27F3N6O5S2/c1-17(39)19-6-10-22(11-7-19)45(41,42)38-13-12-37(28-36-26-24(44-28)15-33-25(35-26)20-4-5-20)16-23(38)27(40)34-14-18-2-8-21(9-3-18)43-29(30,31)32/h2-3,6-11,15,20,23H,4-5,12-14,16H2,1H3,(H,34,40)/t23-/m1/s1. The Balaban J connectivity index is 1.24. The maximum absolute atomic E-state index is 13.8. The number of ketones is 1. The van der Waals surface area contributed by atoms with Crippen molar-refractivity contribution in [1.82, 2.24) is 24.6 Å². The molecule has 1 saturated heterocycles. The molecule has 3 heterocycles. The zero-order chi connectivity index (χ0) is 31.9. The average Bonchev–Trinajstić information content (AvgIpc) is 3.77. The molecule has 2 aliphatic rings. The summed E-state index contributed by atoms with van der Waals surface area (Å²) in [6.45, 7) is 1.51. The highest BCUT2D eigenvalue weighted by molar-refractivity contribution is 7.89. The first kappa shape index (κ1) is 30.9. The fourth-order valence-corrected chi connectivity index (χ4v) is 7.45. The minimum atomic E-state index is -4.83. The van der Waals surface area contributed by atoms with Gasteiger partial charge in [-0.25, -0.2) is 18.4 Å². The normalized spacial score (nSPS) is 17.8. The van der Waals surface area contributed by atoms with E-state index in [0.717, 1.165) is 39.8 Å². The molecule has 1 atom stereocenters. The number of ether oxygens (including phenoxy) is 1. The van der Waals surface area contributed by atoms with Gasteiger partial charge in [-0.2, -0.15) is 9.29 Å². The van der Waals surface area contributed by atoms with Gasteiger partial charge < -0.3 is 15.0 Å². The predicted molar refractivity (Wildman–Crippen MR) is 158 cm³/mol. The molecule has 0 bridgehead atoms. The predicted octanol–water partition coefficient (Wildman–Crippen LogP) is 4.26. The second-order valence-electron chi connectivity index (χ2n) is 10.8. The van der Waals surface area contributed by atoms with E-state index in [-0.39, 0.29) is 36.9 Å². The van der Waals surface area contributed by atoms with E-state index in [1.54, 1.807) is 6.20 Å². The third-order valence-corrected chi connectivity index (χ3v) is 10.5. The fourth-order valence-electron chi connectivity index (χ4n) is 4.97. The van der Waals surface area contributed by atoms with Gasteiger partial charge in [-0.1, -0.05) is 35.6 Å². The lowest BCUT2D eigenvalue weighted by Crippen LogP contribution is -2.60. The summed E-state index contributed by atoms with van der Waals surface area (Å²) in [7, 11) is -4.17. The van der Waals surface area contributed by atoms with Crippen LogP contribution in [0.3, 0.4) is 0 Å². The number of hydrogen-bond acceptors (Lipinski definition) is 10. The Kier molecular flexibility index (Phi) is 8.22. The van der Waals surface area contributed by atoms with Crippen molar-refractivity contribution in [2.45, 2.75) is 49.5 Å². The molecule has 2 aromatic carbocycles. The van der Waals surface area contributed by atoms with Crippen LogP contribution in [0.15, 0.2) is 59.6 Å². The zero-order valence-electron chi connectivity index (χ0n) is 23.8. The zero-order valence-corrected chi connectivity index (χ0v) is 25.5. The number of aromatic nitrogens is 3. The largest absolute Gasteiger partial charge is 0.573 e. The molecule has 0 spiro atoms. The van der Waals surface area contributed by atoms with Crippen molar-refractivity contribution in [3.05, 3.63) is 71.7 Å². The number of nitrogens with one attached hydrogen (secondary N) is 1. The van der Waals surface area contributed by atoms with Gasteiger partial charge in [0.25, 0.3) is 0 Å². The van der Waals surface area contributed by atoms with Crippen molar-refractivity contribution in [1.29, 1.82) is 0 Å². The van der Waals surface area contributed by atoms with Gasteiger partial charge in [0.05, 0.1) is 15.8 Å². The quantitative estimate of drug-likeness (QED) is 0.262. The number of fused-ring (bicyclic) bond motifs is 1. The molecule has 2 aromatic heterocycles. The fraction of sp³-hybridized carbons (Fsp3) is 0.345. The number of piperazine rings is 1. The number of sulfonamides is 1. The highest BCUT2D eigenvalue weighted by atomic mass is 32.2. The number of benzene rings is 2. The number of thiazole rings is 1. The second-order valence-corrected chi connectivity index (χ2v) is 13.7. The van der Waals surface area contributed by atoms with Crippen LogP contribution in [0.2, 0.25) is 0 Å². The van der Waals surface area contributed by atoms with Gasteiger partial charge >= 0.3 is 6.36 Å². The Labute approximate surface area is 260 Å². The van der Waals surface area contributed by atoms with Gasteiger partial charge in [0.15, 0.2) is 16.6 Å². The van der Waals surface area contributed by atoms with Crippen molar-refractivity contribution in [3.8, 4) is 5.75 Å². The summed E-state index contributed by atoms with van der Waals surface area (Å²) in [5, 5.41) is 3.30. The molecule has 4 aromatic rings. The number of alkyl halides is 3. The molecule has 2 fully saturated rings. The first-order valence-corrected chi connectivity index (χ1v) is 16.3. The smallest absolute Gasteiger partial charge is 0.406 e. The first-order chi connectivity index (χ1) is 21.4. The summed E-state index contributed by atoms with van der Waals surface area (Å²) < 4.78 is 70.9. The van der Waals surface area contributed by atoms with Crippen LogP contribution in [0.1, 0.15) is 47.4 Å². The summed E-state index contributed by atoms with van der Waals surface area (Å²) >= 11 is 1.35. The lowest BCUT2D eigenvalue weighted by molar-refractivity contribution is -0.274. The molecule has 0 unspecified atom stereocenters. The van der Waals surface area contributed by atoms with Crippen molar-refractivity contribution in [3.63, 3.8) is 0 Å². The summed E-state index contributed by atoms with van der Waals surface area (Å²) in [5.41, 5.74) is 1.38. The van der Waals surface area contributed by atoms with Gasteiger partial charge in [0, 0.05) is 37.7 Å². The minimum absolute atomic E-state index is 0.0162. The molecule has 1 aliphatic carbocycles. The Bertz CT molecular complexity index is 1840. The molecule has 6 rings (SSSR count). The third-order valence-electron chi connectivity index (χ3n) is 7.50. The monoisotopic (exact) mass is 660 g/mol. The molecule has 1 N–H and O–H groups in total. The molecule has 0 radical (unpaired) electrons. The van der Waals surface area contributed by atoms with Crippen LogP contribution >= 0.6 is 11.3 Å². The maximum atomic E-state index is 13.8. The van der Waals surface area contributed by atoms with Crippen LogP contribution in [-0.4, -0.2) is 71.4 Å². The minimum Gasteiger partial charge on any atom is -0.406 e. The number of anilines is 1. The lowest BCUT2D eigenvalue weighted by atomic mass is 10.1. The van der Waals surface area contributed by atoms with Crippen LogP contribution in [-0.2, 0) is 21.4 Å². The first-order valence-electron chi connectivity index (χ1n) is 14.0. The number of halogens is 3. The number of hydrogen-bond donors (Lipinski definition) is 1. The van der Waals surface area contributed by atoms with Gasteiger partial charge in [0.2, 0.25) is 15.9 Å². The van der Waals surface area contributed by atoms with Crippen molar-refractivity contribution >= 4 is 48.5 Å². The van der Waals surface area contributed by atoms with Gasteiger partial charge in [-0.3, -0.25) is 9.59 Å². The van der Waals surface area contributed by atoms with E-state index in [1.165, 1.54) is 54.7 Å². The molecule has 1 aliphatic heterocycles. The Morgan fingerprint density at radius 3 is 2.40 bits per heavy atom. The molecular weight excluding hydrogens is 633 g/mol. The van der Waals surface area contributed by atoms with Crippen LogP contribution in [0.25, 0.3) is 10.3 Å². The molecule has 1 amide bonds. The topological polar surface area (TPSA) is 135 Å². The van der Waals surface area contributed by atoms with E-state index in [9.17, 15) is 31.2 Å². The Hall–Kier alpha value is -4.15. The molecule has 236 valence electrons. The average molecular weight is 661 g/mol. The van der Waals surface area contributed by atoms with E-state index >= 15 is 0 Å². The molecule has 16 heteroatoms. The van der Waals surface area contributed by atoms with E-state index in [2.05, 4.69) is 25.0 Å². The summed E-state index contributed by atoms with van der Waals surface area (Å²) in [4.78, 5) is 40.8. The van der Waals surface area contributed by atoms with E-state index in [0.29, 0.717) is 27.8 Å². The van der Waals surface area contributed by atoms with E-state index in [1.807, 2.05) is 4.90 Å². The SMILES string of the molecule is CC(=O)c1ccc(S(=O)(=O)N2CCN(c3nc4nc(C5CC5)ncc4s3)C[C@@H]2C(=O)NCc2ccc(OC(F)(F)F)cc2)cc1. The van der Waals surface area contributed by atoms with Gasteiger partial charge in [-0.15, -0.1) is 13.2 Å². The Morgan fingerprint density at radius 1 is 1.04 bits per heavy atom. The number of Topliss-reactive ketones (excluding diaryl/α,β-unsaturated/α-hetero) is 1. The molecule has 45 heavy (non-hydrogen) atoms. The van der Waals surface area contributed by atoms with Crippen LogP contribution in [0.5, 0.6) is 5.75 Å². The number of carbonyl (C=O) groups is 2. The van der Waals surface area contributed by atoms with Crippen LogP contribution < -0.4 is 15.0 Å². The van der Waals surface area contributed by atoms with E-state index in [4.69, 9.17) is 0 Å². The van der Waals surface area contributed by atoms with Crippen molar-refractivity contribution in [2.75, 3.05) is 24.5 Å². The molecule has 11 nitrogen and oxygen atoms in total. The summed E-state index contributed by atoms with van der Waals surface area (Å²) in [6.07, 6.45) is -1.02. The van der Waals surface area contributed by atoms with Crippen LogP contribution in [0.4, 0.5) is 18.3 Å². The Morgan fingerprint density at radius 2 is 1.76 bits per heavy atom. The van der Waals surface area contributed by atoms with Crippen molar-refractivity contribution in [2.24, 2.45) is 0 Å². The molecular formula is C29H27F3N6O5S2. The number of nitrogens with zero attached hydrogens (tertiary/aromatic N) is 5. The summed E-state index contributed by atoms with van der Waals surface area (Å²) in [6, 6.07) is 9.34.